The molecule has 20 heavy (non-hydrogen) atoms. The maximum atomic E-state index is 13.4. The summed E-state index contributed by atoms with van der Waals surface area (Å²) >= 11 is 5.73. The summed E-state index contributed by atoms with van der Waals surface area (Å²) in [6.45, 7) is 0. The molecule has 0 fully saturated rings. The van der Waals surface area contributed by atoms with Gasteiger partial charge < -0.3 is 15.5 Å². The lowest BCUT2D eigenvalue weighted by atomic mass is 10.1. The van der Waals surface area contributed by atoms with Crippen molar-refractivity contribution in [1.29, 1.82) is 0 Å². The molecule has 0 saturated heterocycles. The molecule has 0 aliphatic heterocycles. The molecule has 8 heteroatoms. The fourth-order valence-electron chi connectivity index (χ4n) is 1.48. The molecule has 0 spiro atoms. The zero-order valence-corrected chi connectivity index (χ0v) is 10.9. The van der Waals surface area contributed by atoms with Gasteiger partial charge in [-0.05, 0) is 12.1 Å². The van der Waals surface area contributed by atoms with Crippen LogP contribution in [0.2, 0.25) is 5.02 Å². The van der Waals surface area contributed by atoms with Gasteiger partial charge >= 0.3 is 11.9 Å². The average molecular weight is 304 g/mol. The van der Waals surface area contributed by atoms with Gasteiger partial charge in [0.1, 0.15) is 11.9 Å². The zero-order valence-electron chi connectivity index (χ0n) is 10.1. The zero-order chi connectivity index (χ0) is 15.3. The molecule has 1 aromatic rings. The molecular weight excluding hydrogens is 293 g/mol. The maximum Gasteiger partial charge on any atom is 0.326 e. The molecule has 0 radical (unpaired) electrons. The van der Waals surface area contributed by atoms with Crippen LogP contribution in [0.5, 0.6) is 0 Å². The lowest BCUT2D eigenvalue weighted by molar-refractivity contribution is -0.147. The van der Waals surface area contributed by atoms with Gasteiger partial charge in [0, 0.05) is 10.6 Å². The summed E-state index contributed by atoms with van der Waals surface area (Å²) in [5, 5.41) is 19.3. The number of nitrogens with one attached hydrogen (secondary N) is 1. The van der Waals surface area contributed by atoms with Gasteiger partial charge in [-0.15, -0.1) is 0 Å². The average Bonchev–Trinajstić information content (AvgIpc) is 2.32. The van der Waals surface area contributed by atoms with Crippen LogP contribution in [0.4, 0.5) is 4.39 Å². The Labute approximate surface area is 118 Å². The number of rotatable bonds is 6. The SMILES string of the molecule is O=C(O)C[C@H](NC(=O)Cc1c(F)cccc1Cl)C(=O)O. The highest BCUT2D eigenvalue weighted by molar-refractivity contribution is 6.31. The van der Waals surface area contributed by atoms with Crippen LogP contribution < -0.4 is 5.32 Å². The van der Waals surface area contributed by atoms with E-state index in [0.717, 1.165) is 6.07 Å². The second-order valence-electron chi connectivity index (χ2n) is 3.93. The van der Waals surface area contributed by atoms with Gasteiger partial charge in [0.25, 0.3) is 0 Å². The Bertz CT molecular complexity index is 528. The number of hydrogen-bond donors (Lipinski definition) is 3. The van der Waals surface area contributed by atoms with Gasteiger partial charge in [0.05, 0.1) is 12.8 Å². The van der Waals surface area contributed by atoms with Gasteiger partial charge in [-0.2, -0.15) is 0 Å². The molecule has 0 aliphatic rings. The third-order valence-corrected chi connectivity index (χ3v) is 2.77. The predicted molar refractivity (Wildman–Crippen MR) is 66.9 cm³/mol. The van der Waals surface area contributed by atoms with Crippen molar-refractivity contribution in [2.75, 3.05) is 0 Å². The standard InChI is InChI=1S/C12H11ClFNO5/c13-7-2-1-3-8(14)6(7)4-10(16)15-9(12(19)20)5-11(17)18/h1-3,9H,4-5H2,(H,15,16)(H,17,18)(H,19,20)/t9-/m0/s1. The van der Waals surface area contributed by atoms with Gasteiger partial charge in [0.2, 0.25) is 5.91 Å². The topological polar surface area (TPSA) is 104 Å². The quantitative estimate of drug-likeness (QED) is 0.729. The molecule has 0 saturated carbocycles. The first-order chi connectivity index (χ1) is 9.31. The first-order valence-corrected chi connectivity index (χ1v) is 5.86. The predicted octanol–water partition coefficient (Wildman–Crippen LogP) is 1.07. The van der Waals surface area contributed by atoms with Crippen LogP contribution in [0.3, 0.4) is 0 Å². The summed E-state index contributed by atoms with van der Waals surface area (Å²) in [5.74, 6) is -4.38. The second kappa shape index (κ2) is 6.85. The van der Waals surface area contributed by atoms with Crippen molar-refractivity contribution in [3.8, 4) is 0 Å². The maximum absolute atomic E-state index is 13.4. The molecule has 3 N–H and O–H groups in total. The normalized spacial score (nSPS) is 11.7. The monoisotopic (exact) mass is 303 g/mol. The van der Waals surface area contributed by atoms with Crippen molar-refractivity contribution >= 4 is 29.4 Å². The molecule has 0 bridgehead atoms. The van der Waals surface area contributed by atoms with E-state index in [-0.39, 0.29) is 10.6 Å². The first kappa shape index (κ1) is 15.9. The number of carbonyl (C=O) groups is 3. The van der Waals surface area contributed by atoms with Crippen LogP contribution in [0, 0.1) is 5.82 Å². The molecule has 1 aromatic carbocycles. The summed E-state index contributed by atoms with van der Waals surface area (Å²) in [7, 11) is 0. The van der Waals surface area contributed by atoms with E-state index in [2.05, 4.69) is 0 Å². The highest BCUT2D eigenvalue weighted by Crippen LogP contribution is 2.19. The van der Waals surface area contributed by atoms with Gasteiger partial charge in [-0.25, -0.2) is 9.18 Å². The summed E-state index contributed by atoms with van der Waals surface area (Å²) < 4.78 is 13.4. The molecule has 1 atom stereocenters. The van der Waals surface area contributed by atoms with Crippen LogP contribution in [-0.2, 0) is 20.8 Å². The lowest BCUT2D eigenvalue weighted by Gasteiger charge is -2.13. The van der Waals surface area contributed by atoms with E-state index in [1.165, 1.54) is 12.1 Å². The van der Waals surface area contributed by atoms with Crippen molar-refractivity contribution < 1.29 is 29.0 Å². The van der Waals surface area contributed by atoms with Gasteiger partial charge in [-0.1, -0.05) is 17.7 Å². The van der Waals surface area contributed by atoms with Crippen molar-refractivity contribution in [2.24, 2.45) is 0 Å². The molecule has 1 amide bonds. The van der Waals surface area contributed by atoms with E-state index < -0.39 is 42.5 Å². The minimum absolute atomic E-state index is 0.0326. The Morgan fingerprint density at radius 1 is 1.30 bits per heavy atom. The Hall–Kier alpha value is -2.15. The number of carboxylic acids is 2. The highest BCUT2D eigenvalue weighted by atomic mass is 35.5. The molecule has 108 valence electrons. The number of hydrogen-bond acceptors (Lipinski definition) is 3. The lowest BCUT2D eigenvalue weighted by Crippen LogP contribution is -2.43. The molecule has 0 aliphatic carbocycles. The van der Waals surface area contributed by atoms with E-state index >= 15 is 0 Å². The van der Waals surface area contributed by atoms with E-state index in [0.29, 0.717) is 0 Å². The first-order valence-electron chi connectivity index (χ1n) is 5.48. The van der Waals surface area contributed by atoms with E-state index in [4.69, 9.17) is 21.8 Å². The Morgan fingerprint density at radius 2 is 1.95 bits per heavy atom. The molecule has 0 unspecified atom stereocenters. The minimum Gasteiger partial charge on any atom is -0.481 e. The van der Waals surface area contributed by atoms with Crippen molar-refractivity contribution in [1.82, 2.24) is 5.32 Å². The number of carbonyl (C=O) groups excluding carboxylic acids is 1. The van der Waals surface area contributed by atoms with Crippen LogP contribution in [0.25, 0.3) is 0 Å². The largest absolute Gasteiger partial charge is 0.481 e. The molecule has 0 aromatic heterocycles. The number of amides is 1. The van der Waals surface area contributed by atoms with Gasteiger partial charge in [0.15, 0.2) is 0 Å². The fraction of sp³-hybridized carbons (Fsp3) is 0.250. The minimum atomic E-state index is -1.58. The fourth-order valence-corrected chi connectivity index (χ4v) is 1.71. The van der Waals surface area contributed by atoms with Crippen LogP contribution in [-0.4, -0.2) is 34.1 Å². The third kappa shape index (κ3) is 4.51. The van der Waals surface area contributed by atoms with Crippen molar-refractivity contribution in [2.45, 2.75) is 18.9 Å². The van der Waals surface area contributed by atoms with Crippen LogP contribution >= 0.6 is 11.6 Å². The molecule has 1 rings (SSSR count). The summed E-state index contributed by atoms with van der Waals surface area (Å²) in [6, 6.07) is 2.29. The van der Waals surface area contributed by atoms with Crippen LogP contribution in [0.15, 0.2) is 18.2 Å². The Morgan fingerprint density at radius 3 is 2.45 bits per heavy atom. The van der Waals surface area contributed by atoms with Crippen LogP contribution in [0.1, 0.15) is 12.0 Å². The Kier molecular flexibility index (Phi) is 5.45. The number of aliphatic carboxylic acids is 2. The molecular formula is C12H11ClFNO5. The number of benzene rings is 1. The second-order valence-corrected chi connectivity index (χ2v) is 4.34. The number of carboxylic acid groups (broad SMARTS) is 2. The highest BCUT2D eigenvalue weighted by Gasteiger charge is 2.23. The van der Waals surface area contributed by atoms with E-state index in [9.17, 15) is 18.8 Å². The third-order valence-electron chi connectivity index (χ3n) is 2.41. The van der Waals surface area contributed by atoms with Gasteiger partial charge in [-0.3, -0.25) is 9.59 Å². The summed E-state index contributed by atoms with van der Waals surface area (Å²) in [5.41, 5.74) is -0.0777. The smallest absolute Gasteiger partial charge is 0.326 e. The molecule has 6 nitrogen and oxygen atoms in total. The summed E-state index contributed by atoms with van der Waals surface area (Å²) in [6.07, 6.45) is -1.25. The van der Waals surface area contributed by atoms with E-state index in [1.54, 1.807) is 0 Å². The van der Waals surface area contributed by atoms with E-state index in [1.807, 2.05) is 5.32 Å². The van der Waals surface area contributed by atoms with Crippen molar-refractivity contribution in [3.05, 3.63) is 34.6 Å². The summed E-state index contributed by atoms with van der Waals surface area (Å²) in [4.78, 5) is 32.9. The van der Waals surface area contributed by atoms with Crippen molar-refractivity contribution in [3.63, 3.8) is 0 Å². The molecule has 0 heterocycles. The number of halogens is 2. The Balaban J connectivity index is 2.76.